The summed E-state index contributed by atoms with van der Waals surface area (Å²) >= 11 is 1.34. The van der Waals surface area contributed by atoms with E-state index in [0.717, 1.165) is 0 Å². The van der Waals surface area contributed by atoms with Crippen LogP contribution in [0.3, 0.4) is 0 Å². The first-order valence-electron chi connectivity index (χ1n) is 3.62. The molecule has 0 aromatic heterocycles. The lowest BCUT2D eigenvalue weighted by molar-refractivity contribution is -0.136. The van der Waals surface area contributed by atoms with Crippen LogP contribution >= 0.6 is 12.6 Å². The van der Waals surface area contributed by atoms with Gasteiger partial charge in [0.1, 0.15) is 5.25 Å². The van der Waals surface area contributed by atoms with E-state index in [2.05, 4.69) is 12.6 Å². The topological polar surface area (TPSA) is 77.4 Å². The van der Waals surface area contributed by atoms with Crippen molar-refractivity contribution < 1.29 is 18.7 Å². The number of benzene rings is 1. The Balaban J connectivity index is 3.06. The highest BCUT2D eigenvalue weighted by molar-refractivity contribution is 7.80. The number of hydrogen-bond acceptors (Lipinski definition) is 4. The van der Waals surface area contributed by atoms with E-state index >= 15 is 0 Å². The second-order valence-corrected chi connectivity index (χ2v) is 4.08. The smallest absolute Gasteiger partial charge is 0.322 e. The van der Waals surface area contributed by atoms with Crippen molar-refractivity contribution in [2.75, 3.05) is 0 Å². The molecule has 1 aromatic rings. The highest BCUT2D eigenvalue weighted by atomic mass is 32.2. The molecule has 0 aliphatic carbocycles. The maximum absolute atomic E-state index is 10.6. The summed E-state index contributed by atoms with van der Waals surface area (Å²) < 4.78 is 21.3. The van der Waals surface area contributed by atoms with Crippen LogP contribution in [0, 0.1) is 0 Å². The van der Waals surface area contributed by atoms with E-state index in [4.69, 9.17) is 5.11 Å². The van der Waals surface area contributed by atoms with Crippen molar-refractivity contribution in [3.8, 4) is 0 Å². The Morgan fingerprint density at radius 1 is 1.43 bits per heavy atom. The third kappa shape index (κ3) is 2.57. The van der Waals surface area contributed by atoms with Gasteiger partial charge in [-0.05, 0) is 28.8 Å². The highest BCUT2D eigenvalue weighted by Crippen LogP contribution is 2.20. The van der Waals surface area contributed by atoms with E-state index in [0.29, 0.717) is 4.90 Å². The Labute approximate surface area is 88.6 Å². The van der Waals surface area contributed by atoms with Crippen molar-refractivity contribution in [3.05, 3.63) is 29.8 Å². The minimum absolute atomic E-state index is 0.226. The van der Waals surface area contributed by atoms with Crippen LogP contribution in [0.15, 0.2) is 29.2 Å². The van der Waals surface area contributed by atoms with Crippen LogP contribution in [0.25, 0.3) is 0 Å². The van der Waals surface area contributed by atoms with Gasteiger partial charge in [-0.3, -0.25) is 9.00 Å². The summed E-state index contributed by atoms with van der Waals surface area (Å²) in [6.07, 6.45) is 0. The zero-order chi connectivity index (χ0) is 10.7. The highest BCUT2D eigenvalue weighted by Gasteiger charge is 2.20. The third-order valence-corrected chi connectivity index (χ3v) is 2.77. The molecule has 2 atom stereocenters. The molecule has 0 spiro atoms. The number of hydrogen-bond donors (Lipinski definition) is 2. The Morgan fingerprint density at radius 3 is 2.29 bits per heavy atom. The molecule has 1 aromatic carbocycles. The van der Waals surface area contributed by atoms with Gasteiger partial charge in [-0.15, -0.1) is 12.6 Å². The number of carboxylic acid groups (broad SMARTS) is 1. The lowest BCUT2D eigenvalue weighted by Gasteiger charge is -2.15. The van der Waals surface area contributed by atoms with Crippen LogP contribution in [-0.4, -0.2) is 19.8 Å². The molecule has 14 heavy (non-hydrogen) atoms. The van der Waals surface area contributed by atoms with Gasteiger partial charge in [0.05, 0.1) is 0 Å². The van der Waals surface area contributed by atoms with Crippen molar-refractivity contribution in [3.63, 3.8) is 0 Å². The lowest BCUT2D eigenvalue weighted by Crippen LogP contribution is -2.16. The second-order valence-electron chi connectivity index (χ2n) is 2.57. The summed E-state index contributed by atoms with van der Waals surface area (Å²) in [7, 11) is 0. The number of carbonyl (C=O) groups is 1. The Kier molecular flexibility index (Phi) is 3.68. The summed E-state index contributed by atoms with van der Waals surface area (Å²) in [6, 6.07) is 5.94. The van der Waals surface area contributed by atoms with Crippen molar-refractivity contribution in [2.24, 2.45) is 0 Å². The summed E-state index contributed by atoms with van der Waals surface area (Å²) in [5.41, 5.74) is 0.226. The third-order valence-electron chi connectivity index (χ3n) is 1.61. The SMILES string of the molecule is O=C(O)C(c1ccc(S)cc1)S(=O)[O-]. The van der Waals surface area contributed by atoms with Crippen LogP contribution in [-0.2, 0) is 15.9 Å². The fourth-order valence-electron chi connectivity index (χ4n) is 0.985. The normalized spacial score (nSPS) is 14.7. The van der Waals surface area contributed by atoms with Crippen molar-refractivity contribution in [2.45, 2.75) is 10.1 Å². The minimum atomic E-state index is -2.67. The summed E-state index contributed by atoms with van der Waals surface area (Å²) in [5.74, 6) is -1.38. The molecule has 6 heteroatoms. The van der Waals surface area contributed by atoms with Crippen LogP contribution < -0.4 is 0 Å². The molecule has 0 bridgehead atoms. The van der Waals surface area contributed by atoms with Gasteiger partial charge in [0.25, 0.3) is 0 Å². The first kappa shape index (κ1) is 11.2. The van der Waals surface area contributed by atoms with Gasteiger partial charge < -0.3 is 9.66 Å². The molecule has 2 unspecified atom stereocenters. The molecule has 1 rings (SSSR count). The van der Waals surface area contributed by atoms with Crippen LogP contribution in [0.4, 0.5) is 0 Å². The molecule has 0 aliphatic rings. The summed E-state index contributed by atoms with van der Waals surface area (Å²) in [6.45, 7) is 0. The minimum Gasteiger partial charge on any atom is -0.771 e. The van der Waals surface area contributed by atoms with Crippen molar-refractivity contribution >= 4 is 29.7 Å². The molecular weight excluding hydrogens is 224 g/mol. The van der Waals surface area contributed by atoms with Crippen LogP contribution in [0.2, 0.25) is 0 Å². The van der Waals surface area contributed by atoms with Gasteiger partial charge in [0.2, 0.25) is 0 Å². The molecule has 1 N–H and O–H groups in total. The van der Waals surface area contributed by atoms with Crippen molar-refractivity contribution in [1.29, 1.82) is 0 Å². The maximum Gasteiger partial charge on any atom is 0.322 e. The molecule has 76 valence electrons. The number of aliphatic carboxylic acids is 1. The molecule has 0 saturated heterocycles. The Morgan fingerprint density at radius 2 is 1.93 bits per heavy atom. The Hall–Kier alpha value is -0.850. The average molecular weight is 231 g/mol. The zero-order valence-corrected chi connectivity index (χ0v) is 8.63. The predicted octanol–water partition coefficient (Wildman–Crippen LogP) is 0.980. The van der Waals surface area contributed by atoms with Gasteiger partial charge in [-0.2, -0.15) is 0 Å². The number of carboxylic acids is 1. The molecule has 0 aliphatic heterocycles. The molecule has 4 nitrogen and oxygen atoms in total. The Bertz CT molecular complexity index is 346. The van der Waals surface area contributed by atoms with Gasteiger partial charge in [0, 0.05) is 4.90 Å². The van der Waals surface area contributed by atoms with Gasteiger partial charge in [-0.1, -0.05) is 12.1 Å². The summed E-state index contributed by atoms with van der Waals surface area (Å²) in [4.78, 5) is 11.3. The monoisotopic (exact) mass is 231 g/mol. The largest absolute Gasteiger partial charge is 0.771 e. The second kappa shape index (κ2) is 4.59. The summed E-state index contributed by atoms with van der Waals surface area (Å²) in [5, 5.41) is 7.14. The number of rotatable bonds is 3. The fourth-order valence-corrected chi connectivity index (χ4v) is 1.68. The van der Waals surface area contributed by atoms with E-state index in [9.17, 15) is 13.6 Å². The molecule has 0 fully saturated rings. The molecule has 0 amide bonds. The van der Waals surface area contributed by atoms with Gasteiger partial charge >= 0.3 is 5.97 Å². The molecule has 0 heterocycles. The zero-order valence-electron chi connectivity index (χ0n) is 6.91. The lowest BCUT2D eigenvalue weighted by atomic mass is 10.1. The number of thiol groups is 1. The van der Waals surface area contributed by atoms with Gasteiger partial charge in [0.15, 0.2) is 0 Å². The van der Waals surface area contributed by atoms with E-state index in [1.54, 1.807) is 12.1 Å². The first-order valence-corrected chi connectivity index (χ1v) is 5.20. The van der Waals surface area contributed by atoms with Crippen LogP contribution in [0.5, 0.6) is 0 Å². The van der Waals surface area contributed by atoms with Crippen molar-refractivity contribution in [1.82, 2.24) is 0 Å². The quantitative estimate of drug-likeness (QED) is 0.600. The first-order chi connectivity index (χ1) is 6.52. The van der Waals surface area contributed by atoms with E-state index in [-0.39, 0.29) is 5.56 Å². The van der Waals surface area contributed by atoms with E-state index in [1.165, 1.54) is 12.1 Å². The molecular formula is C8H7O4S2-. The molecule has 0 saturated carbocycles. The standard InChI is InChI=1S/C8H8O4S2/c9-8(10)7(14(11)12)5-1-3-6(13)4-2-5/h1-4,7,13H,(H,9,10)(H,11,12)/p-1. The fraction of sp³-hybridized carbons (Fsp3) is 0.125. The van der Waals surface area contributed by atoms with Gasteiger partial charge in [-0.25, -0.2) is 0 Å². The average Bonchev–Trinajstić information content (AvgIpc) is 2.07. The maximum atomic E-state index is 10.6. The molecule has 0 radical (unpaired) electrons. The predicted molar refractivity (Wildman–Crippen MR) is 53.0 cm³/mol. The van der Waals surface area contributed by atoms with Crippen LogP contribution in [0.1, 0.15) is 10.8 Å². The van der Waals surface area contributed by atoms with E-state index in [1.807, 2.05) is 0 Å². The van der Waals surface area contributed by atoms with E-state index < -0.39 is 22.3 Å².